The van der Waals surface area contributed by atoms with Crippen molar-refractivity contribution in [1.82, 2.24) is 6.15 Å². The second-order valence-corrected chi connectivity index (χ2v) is 3.78. The molecule has 0 aliphatic heterocycles. The van der Waals surface area contributed by atoms with Crippen LogP contribution in [0.5, 0.6) is 5.75 Å². The van der Waals surface area contributed by atoms with E-state index in [1.165, 1.54) is 16.3 Å². The minimum Gasteiger partial charge on any atom is -0.493 e. The number of hydrogen-bond donors (Lipinski definition) is 1. The first kappa shape index (κ1) is 12.5. The van der Waals surface area contributed by atoms with Gasteiger partial charge in [-0.25, -0.2) is 0 Å². The Labute approximate surface area is 96.8 Å². The quantitative estimate of drug-likeness (QED) is 0.841. The Balaban J connectivity index is 0.00000128. The van der Waals surface area contributed by atoms with Crippen molar-refractivity contribution in [3.63, 3.8) is 0 Å². The van der Waals surface area contributed by atoms with Gasteiger partial charge in [-0.2, -0.15) is 0 Å². The van der Waals surface area contributed by atoms with E-state index in [-0.39, 0.29) is 6.15 Å². The lowest BCUT2D eigenvalue weighted by molar-refractivity contribution is 0.319. The van der Waals surface area contributed by atoms with Crippen molar-refractivity contribution >= 4 is 10.8 Å². The standard InChI is InChI=1S/C14H16O.H3N/c1-3-10-15-14-11(2)8-9-12-6-4-5-7-13(12)14;/h4-9H,3,10H2,1-2H3;1H3. The van der Waals surface area contributed by atoms with Crippen LogP contribution in [0.3, 0.4) is 0 Å². The average molecular weight is 217 g/mol. The van der Waals surface area contributed by atoms with E-state index < -0.39 is 0 Å². The van der Waals surface area contributed by atoms with Gasteiger partial charge in [-0.3, -0.25) is 0 Å². The minimum atomic E-state index is 0. The Kier molecular flexibility index (Phi) is 4.32. The molecule has 0 fully saturated rings. The summed E-state index contributed by atoms with van der Waals surface area (Å²) < 4.78 is 5.80. The highest BCUT2D eigenvalue weighted by Crippen LogP contribution is 2.29. The van der Waals surface area contributed by atoms with Crippen LogP contribution in [0.25, 0.3) is 10.8 Å². The molecule has 0 aliphatic rings. The van der Waals surface area contributed by atoms with Gasteiger partial charge >= 0.3 is 0 Å². The molecule has 0 aromatic heterocycles. The lowest BCUT2D eigenvalue weighted by atomic mass is 10.1. The van der Waals surface area contributed by atoms with Crippen molar-refractivity contribution in [3.05, 3.63) is 42.0 Å². The third kappa shape index (κ3) is 2.34. The van der Waals surface area contributed by atoms with Gasteiger partial charge in [0.25, 0.3) is 0 Å². The van der Waals surface area contributed by atoms with Crippen LogP contribution in [0.15, 0.2) is 36.4 Å². The van der Waals surface area contributed by atoms with Gasteiger partial charge in [-0.15, -0.1) is 0 Å². The maximum absolute atomic E-state index is 5.80. The molecule has 3 N–H and O–H groups in total. The van der Waals surface area contributed by atoms with Gasteiger partial charge in [-0.05, 0) is 24.3 Å². The summed E-state index contributed by atoms with van der Waals surface area (Å²) in [5.41, 5.74) is 1.21. The van der Waals surface area contributed by atoms with Crippen LogP contribution in [-0.4, -0.2) is 6.61 Å². The molecule has 0 aliphatic carbocycles. The summed E-state index contributed by atoms with van der Waals surface area (Å²) in [5.74, 6) is 1.04. The number of ether oxygens (including phenoxy) is 1. The molecular weight excluding hydrogens is 198 g/mol. The minimum absolute atomic E-state index is 0. The first-order valence-corrected chi connectivity index (χ1v) is 5.44. The molecule has 0 saturated carbocycles. The molecule has 2 aromatic carbocycles. The van der Waals surface area contributed by atoms with Crippen molar-refractivity contribution in [2.45, 2.75) is 20.3 Å². The molecular formula is C14H19NO. The summed E-state index contributed by atoms with van der Waals surface area (Å²) in [4.78, 5) is 0. The lowest BCUT2D eigenvalue weighted by Crippen LogP contribution is -1.97. The molecule has 2 heteroatoms. The Hall–Kier alpha value is -1.54. The molecule has 0 atom stereocenters. The fraction of sp³-hybridized carbons (Fsp3) is 0.286. The SMILES string of the molecule is CCCOc1c(C)ccc2ccccc12.N. The van der Waals surface area contributed by atoms with Gasteiger partial charge in [0.1, 0.15) is 5.75 Å². The van der Waals surface area contributed by atoms with Crippen LogP contribution in [0.4, 0.5) is 0 Å². The lowest BCUT2D eigenvalue weighted by Gasteiger charge is -2.11. The third-order valence-electron chi connectivity index (χ3n) is 2.53. The molecule has 0 unspecified atom stereocenters. The second kappa shape index (κ2) is 5.52. The zero-order valence-electron chi connectivity index (χ0n) is 9.99. The van der Waals surface area contributed by atoms with E-state index in [1.807, 2.05) is 0 Å². The van der Waals surface area contributed by atoms with Crippen molar-refractivity contribution < 1.29 is 4.74 Å². The predicted octanol–water partition coefficient (Wildman–Crippen LogP) is 4.10. The summed E-state index contributed by atoms with van der Waals surface area (Å²) in [5, 5.41) is 2.46. The van der Waals surface area contributed by atoms with Crippen molar-refractivity contribution in [1.29, 1.82) is 0 Å². The van der Waals surface area contributed by atoms with Crippen LogP contribution < -0.4 is 10.9 Å². The fourth-order valence-electron chi connectivity index (χ4n) is 1.75. The van der Waals surface area contributed by atoms with Crippen LogP contribution >= 0.6 is 0 Å². The molecule has 2 nitrogen and oxygen atoms in total. The number of rotatable bonds is 3. The van der Waals surface area contributed by atoms with Crippen molar-refractivity contribution in [3.8, 4) is 5.75 Å². The summed E-state index contributed by atoms with van der Waals surface area (Å²) in [6, 6.07) is 12.6. The Morgan fingerprint density at radius 2 is 1.81 bits per heavy atom. The fourth-order valence-corrected chi connectivity index (χ4v) is 1.75. The van der Waals surface area contributed by atoms with E-state index in [1.54, 1.807) is 0 Å². The van der Waals surface area contributed by atoms with Gasteiger partial charge < -0.3 is 10.9 Å². The zero-order valence-corrected chi connectivity index (χ0v) is 9.99. The monoisotopic (exact) mass is 217 g/mol. The largest absolute Gasteiger partial charge is 0.493 e. The van der Waals surface area contributed by atoms with E-state index in [0.717, 1.165) is 18.8 Å². The molecule has 0 heterocycles. The maximum Gasteiger partial charge on any atom is 0.130 e. The molecule has 0 radical (unpaired) electrons. The molecule has 2 aromatic rings. The first-order chi connectivity index (χ1) is 7.33. The second-order valence-electron chi connectivity index (χ2n) is 3.78. The molecule has 0 amide bonds. The van der Waals surface area contributed by atoms with E-state index in [0.29, 0.717) is 0 Å². The Morgan fingerprint density at radius 1 is 1.06 bits per heavy atom. The van der Waals surface area contributed by atoms with Gasteiger partial charge in [0.2, 0.25) is 0 Å². The van der Waals surface area contributed by atoms with Crippen LogP contribution in [0, 0.1) is 6.92 Å². The van der Waals surface area contributed by atoms with E-state index in [9.17, 15) is 0 Å². The number of aryl methyl sites for hydroxylation is 1. The number of fused-ring (bicyclic) bond motifs is 1. The molecule has 2 rings (SSSR count). The summed E-state index contributed by atoms with van der Waals surface area (Å²) >= 11 is 0. The molecule has 0 bridgehead atoms. The van der Waals surface area contributed by atoms with Crippen molar-refractivity contribution in [2.24, 2.45) is 0 Å². The molecule has 0 spiro atoms. The van der Waals surface area contributed by atoms with Gasteiger partial charge in [0.15, 0.2) is 0 Å². The smallest absolute Gasteiger partial charge is 0.130 e. The number of hydrogen-bond acceptors (Lipinski definition) is 2. The molecule has 86 valence electrons. The van der Waals surface area contributed by atoms with Crippen LogP contribution in [-0.2, 0) is 0 Å². The van der Waals surface area contributed by atoms with Gasteiger partial charge in [0, 0.05) is 5.39 Å². The first-order valence-electron chi connectivity index (χ1n) is 5.44. The van der Waals surface area contributed by atoms with Gasteiger partial charge in [-0.1, -0.05) is 43.3 Å². The van der Waals surface area contributed by atoms with Crippen LogP contribution in [0.1, 0.15) is 18.9 Å². The average Bonchev–Trinajstić information content (AvgIpc) is 2.28. The summed E-state index contributed by atoms with van der Waals surface area (Å²) in [6.45, 7) is 5.01. The van der Waals surface area contributed by atoms with E-state index in [2.05, 4.69) is 50.2 Å². The summed E-state index contributed by atoms with van der Waals surface area (Å²) in [7, 11) is 0. The highest BCUT2D eigenvalue weighted by Gasteiger charge is 2.04. The van der Waals surface area contributed by atoms with Crippen molar-refractivity contribution in [2.75, 3.05) is 6.61 Å². The predicted molar refractivity (Wildman–Crippen MR) is 69.5 cm³/mol. The number of benzene rings is 2. The normalized spacial score (nSPS) is 9.88. The zero-order chi connectivity index (χ0) is 10.7. The highest BCUT2D eigenvalue weighted by molar-refractivity contribution is 5.89. The molecule has 0 saturated heterocycles. The summed E-state index contributed by atoms with van der Waals surface area (Å²) in [6.07, 6.45) is 1.04. The van der Waals surface area contributed by atoms with E-state index in [4.69, 9.17) is 4.74 Å². The molecule has 16 heavy (non-hydrogen) atoms. The van der Waals surface area contributed by atoms with Crippen LogP contribution in [0.2, 0.25) is 0 Å². The van der Waals surface area contributed by atoms with Gasteiger partial charge in [0.05, 0.1) is 6.61 Å². The third-order valence-corrected chi connectivity index (χ3v) is 2.53. The Morgan fingerprint density at radius 3 is 2.56 bits per heavy atom. The van der Waals surface area contributed by atoms with E-state index >= 15 is 0 Å². The Bertz CT molecular complexity index is 465. The highest BCUT2D eigenvalue weighted by atomic mass is 16.5. The topological polar surface area (TPSA) is 44.2 Å². The maximum atomic E-state index is 5.80.